The van der Waals surface area contributed by atoms with Crippen LogP contribution in [0.3, 0.4) is 0 Å². The summed E-state index contributed by atoms with van der Waals surface area (Å²) in [5.41, 5.74) is 0.794. The monoisotopic (exact) mass is 225 g/mol. The molecular formula is C11H15NO2S. The Balaban J connectivity index is 1.93. The minimum Gasteiger partial charge on any atom is -0.396 e. The summed E-state index contributed by atoms with van der Waals surface area (Å²) in [5, 5.41) is 12.8. The Bertz CT molecular complexity index is 315. The summed E-state index contributed by atoms with van der Waals surface area (Å²) < 4.78 is 0. The average molecular weight is 225 g/mol. The summed E-state index contributed by atoms with van der Waals surface area (Å²) in [4.78, 5) is 13.8. The van der Waals surface area contributed by atoms with Crippen LogP contribution in [0, 0.1) is 5.92 Å². The first kappa shape index (κ1) is 10.6. The molecule has 1 aliphatic heterocycles. The zero-order valence-electron chi connectivity index (χ0n) is 8.56. The third-order valence-electron chi connectivity index (χ3n) is 2.93. The molecule has 0 atom stereocenters. The molecule has 0 radical (unpaired) electrons. The summed E-state index contributed by atoms with van der Waals surface area (Å²) in [6.07, 6.45) is 1.85. The first-order valence-corrected chi connectivity index (χ1v) is 6.18. The highest BCUT2D eigenvalue weighted by atomic mass is 32.1. The predicted molar refractivity (Wildman–Crippen MR) is 60.0 cm³/mol. The van der Waals surface area contributed by atoms with Crippen LogP contribution in [-0.2, 0) is 0 Å². The van der Waals surface area contributed by atoms with Gasteiger partial charge in [-0.05, 0) is 30.2 Å². The first-order chi connectivity index (χ1) is 7.31. The van der Waals surface area contributed by atoms with Gasteiger partial charge in [0.2, 0.25) is 0 Å². The maximum absolute atomic E-state index is 11.9. The highest BCUT2D eigenvalue weighted by Crippen LogP contribution is 2.19. The summed E-state index contributed by atoms with van der Waals surface area (Å²) >= 11 is 1.55. The molecule has 0 aromatic carbocycles. The molecule has 1 aromatic rings. The number of piperidine rings is 1. The van der Waals surface area contributed by atoms with Gasteiger partial charge < -0.3 is 10.0 Å². The maximum Gasteiger partial charge on any atom is 0.254 e. The topological polar surface area (TPSA) is 40.5 Å². The zero-order chi connectivity index (χ0) is 10.7. The number of carbonyl (C=O) groups is 1. The molecule has 15 heavy (non-hydrogen) atoms. The van der Waals surface area contributed by atoms with Gasteiger partial charge in [-0.3, -0.25) is 4.79 Å². The molecule has 4 heteroatoms. The number of nitrogens with zero attached hydrogens (tertiary/aromatic N) is 1. The van der Waals surface area contributed by atoms with Crippen LogP contribution < -0.4 is 0 Å². The standard InChI is InChI=1S/C11H15NO2S/c13-7-9-1-4-12(5-2-9)11(14)10-3-6-15-8-10/h3,6,8-9,13H,1-2,4-5,7H2. The van der Waals surface area contributed by atoms with Gasteiger partial charge in [-0.2, -0.15) is 11.3 Å². The van der Waals surface area contributed by atoms with E-state index in [1.807, 2.05) is 21.7 Å². The van der Waals surface area contributed by atoms with Gasteiger partial charge in [-0.1, -0.05) is 0 Å². The molecule has 1 aromatic heterocycles. The van der Waals surface area contributed by atoms with Crippen LogP contribution in [0.15, 0.2) is 16.8 Å². The van der Waals surface area contributed by atoms with E-state index >= 15 is 0 Å². The minimum absolute atomic E-state index is 0.132. The van der Waals surface area contributed by atoms with Crippen LogP contribution in [0.2, 0.25) is 0 Å². The lowest BCUT2D eigenvalue weighted by atomic mass is 9.97. The minimum atomic E-state index is 0.132. The molecule has 0 spiro atoms. The second kappa shape index (κ2) is 4.77. The van der Waals surface area contributed by atoms with E-state index in [-0.39, 0.29) is 12.5 Å². The van der Waals surface area contributed by atoms with Crippen molar-refractivity contribution in [2.24, 2.45) is 5.92 Å². The van der Waals surface area contributed by atoms with E-state index in [4.69, 9.17) is 5.11 Å². The predicted octanol–water partition coefficient (Wildman–Crippen LogP) is 1.59. The smallest absolute Gasteiger partial charge is 0.254 e. The molecule has 0 bridgehead atoms. The van der Waals surface area contributed by atoms with Gasteiger partial charge in [-0.15, -0.1) is 0 Å². The molecule has 0 unspecified atom stereocenters. The molecule has 1 saturated heterocycles. The van der Waals surface area contributed by atoms with E-state index in [0.29, 0.717) is 5.92 Å². The third kappa shape index (κ3) is 2.38. The number of carbonyl (C=O) groups excluding carboxylic acids is 1. The Hall–Kier alpha value is -0.870. The third-order valence-corrected chi connectivity index (χ3v) is 3.61. The number of hydrogen-bond donors (Lipinski definition) is 1. The van der Waals surface area contributed by atoms with Gasteiger partial charge in [-0.25, -0.2) is 0 Å². The molecule has 2 heterocycles. The number of aliphatic hydroxyl groups excluding tert-OH is 1. The van der Waals surface area contributed by atoms with Crippen LogP contribution >= 0.6 is 11.3 Å². The lowest BCUT2D eigenvalue weighted by Gasteiger charge is -2.30. The molecule has 0 aliphatic carbocycles. The molecule has 3 nitrogen and oxygen atoms in total. The number of likely N-dealkylation sites (tertiary alicyclic amines) is 1. The van der Waals surface area contributed by atoms with Crippen LogP contribution in [0.5, 0.6) is 0 Å². The van der Waals surface area contributed by atoms with Crippen LogP contribution in [-0.4, -0.2) is 35.6 Å². The highest BCUT2D eigenvalue weighted by Gasteiger charge is 2.23. The molecule has 1 N–H and O–H groups in total. The van der Waals surface area contributed by atoms with Crippen molar-refractivity contribution in [2.45, 2.75) is 12.8 Å². The summed E-state index contributed by atoms with van der Waals surface area (Å²) in [6.45, 7) is 1.81. The fourth-order valence-electron chi connectivity index (χ4n) is 1.89. The van der Waals surface area contributed by atoms with E-state index in [0.717, 1.165) is 31.5 Å². The van der Waals surface area contributed by atoms with Crippen molar-refractivity contribution in [1.82, 2.24) is 4.90 Å². The second-order valence-electron chi connectivity index (χ2n) is 3.93. The van der Waals surface area contributed by atoms with Crippen molar-refractivity contribution in [3.63, 3.8) is 0 Å². The number of amides is 1. The van der Waals surface area contributed by atoms with Gasteiger partial charge in [0.25, 0.3) is 5.91 Å². The van der Waals surface area contributed by atoms with Crippen molar-refractivity contribution < 1.29 is 9.90 Å². The first-order valence-electron chi connectivity index (χ1n) is 5.23. The highest BCUT2D eigenvalue weighted by molar-refractivity contribution is 7.08. The van der Waals surface area contributed by atoms with Gasteiger partial charge in [0.05, 0.1) is 5.56 Å². The Labute approximate surface area is 93.3 Å². The average Bonchev–Trinajstić information content (AvgIpc) is 2.82. The normalized spacial score (nSPS) is 18.1. The lowest BCUT2D eigenvalue weighted by Crippen LogP contribution is -2.39. The van der Waals surface area contributed by atoms with Crippen LogP contribution in [0.25, 0.3) is 0 Å². The number of rotatable bonds is 2. The van der Waals surface area contributed by atoms with E-state index in [1.165, 1.54) is 0 Å². The van der Waals surface area contributed by atoms with E-state index in [9.17, 15) is 4.79 Å². The quantitative estimate of drug-likeness (QED) is 0.830. The zero-order valence-corrected chi connectivity index (χ0v) is 9.37. The van der Waals surface area contributed by atoms with Crippen LogP contribution in [0.4, 0.5) is 0 Å². The second-order valence-corrected chi connectivity index (χ2v) is 4.71. The fraction of sp³-hybridized carbons (Fsp3) is 0.545. The van der Waals surface area contributed by atoms with Crippen molar-refractivity contribution in [2.75, 3.05) is 19.7 Å². The number of aliphatic hydroxyl groups is 1. The molecule has 82 valence electrons. The van der Waals surface area contributed by atoms with E-state index in [1.54, 1.807) is 11.3 Å². The number of hydrogen-bond acceptors (Lipinski definition) is 3. The van der Waals surface area contributed by atoms with Crippen molar-refractivity contribution in [3.8, 4) is 0 Å². The fourth-order valence-corrected chi connectivity index (χ4v) is 2.52. The Kier molecular flexibility index (Phi) is 3.38. The van der Waals surface area contributed by atoms with E-state index < -0.39 is 0 Å². The van der Waals surface area contributed by atoms with Crippen LogP contribution in [0.1, 0.15) is 23.2 Å². The lowest BCUT2D eigenvalue weighted by molar-refractivity contribution is 0.0651. The molecule has 0 saturated carbocycles. The maximum atomic E-state index is 11.9. The van der Waals surface area contributed by atoms with Gasteiger partial charge in [0, 0.05) is 25.1 Å². The molecule has 2 rings (SSSR count). The summed E-state index contributed by atoms with van der Waals surface area (Å²) in [5.74, 6) is 0.518. The van der Waals surface area contributed by atoms with Gasteiger partial charge >= 0.3 is 0 Å². The van der Waals surface area contributed by atoms with E-state index in [2.05, 4.69) is 0 Å². The SMILES string of the molecule is O=C(c1ccsc1)N1CCC(CO)CC1. The summed E-state index contributed by atoms with van der Waals surface area (Å²) in [7, 11) is 0. The van der Waals surface area contributed by atoms with Crippen molar-refractivity contribution >= 4 is 17.2 Å². The Morgan fingerprint density at radius 2 is 2.27 bits per heavy atom. The Morgan fingerprint density at radius 1 is 1.53 bits per heavy atom. The summed E-state index contributed by atoms with van der Waals surface area (Å²) in [6, 6.07) is 1.87. The van der Waals surface area contributed by atoms with Crippen molar-refractivity contribution in [3.05, 3.63) is 22.4 Å². The molecule has 1 amide bonds. The van der Waals surface area contributed by atoms with Gasteiger partial charge in [0.1, 0.15) is 0 Å². The largest absolute Gasteiger partial charge is 0.396 e. The molecule has 1 aliphatic rings. The van der Waals surface area contributed by atoms with Crippen molar-refractivity contribution in [1.29, 1.82) is 0 Å². The molecular weight excluding hydrogens is 210 g/mol. The Morgan fingerprint density at radius 3 is 2.80 bits per heavy atom. The molecule has 1 fully saturated rings. The van der Waals surface area contributed by atoms with Gasteiger partial charge in [0.15, 0.2) is 0 Å². The number of thiophene rings is 1.